The number of nitrogens with zero attached hydrogens (tertiary/aromatic N) is 2. The van der Waals surface area contributed by atoms with E-state index in [-0.39, 0.29) is 10.9 Å². The summed E-state index contributed by atoms with van der Waals surface area (Å²) in [5, 5.41) is 3.03. The van der Waals surface area contributed by atoms with Gasteiger partial charge in [0.2, 0.25) is 5.91 Å². The van der Waals surface area contributed by atoms with Gasteiger partial charge in [-0.3, -0.25) is 4.79 Å². The Morgan fingerprint density at radius 1 is 1.11 bits per heavy atom. The van der Waals surface area contributed by atoms with Gasteiger partial charge in [0.05, 0.1) is 22.5 Å². The monoisotopic (exact) mass is 526 g/mol. The van der Waals surface area contributed by atoms with E-state index in [0.29, 0.717) is 30.2 Å². The first-order valence-corrected chi connectivity index (χ1v) is 13.4. The number of nitrogens with one attached hydrogen (secondary N) is 1. The number of carbonyl (C=O) groups is 1. The highest BCUT2D eigenvalue weighted by Gasteiger charge is 2.30. The number of aromatic nitrogens is 2. The number of imidazole rings is 1. The van der Waals surface area contributed by atoms with Crippen molar-refractivity contribution in [1.29, 1.82) is 0 Å². The molecule has 0 spiro atoms. The summed E-state index contributed by atoms with van der Waals surface area (Å²) >= 11 is 7.09. The van der Waals surface area contributed by atoms with Crippen molar-refractivity contribution in [3.05, 3.63) is 82.9 Å². The van der Waals surface area contributed by atoms with Crippen LogP contribution in [0, 0.1) is 5.82 Å². The Morgan fingerprint density at radius 2 is 1.86 bits per heavy atom. The molecule has 36 heavy (non-hydrogen) atoms. The molecule has 1 aromatic heterocycles. The van der Waals surface area contributed by atoms with Gasteiger partial charge in [0.25, 0.3) is 0 Å². The molecule has 0 unspecified atom stereocenters. The second-order valence-electron chi connectivity index (χ2n) is 8.94. The number of carbonyl (C=O) groups excluding carboxylic acids is 1. The summed E-state index contributed by atoms with van der Waals surface area (Å²) in [7, 11) is 0. The standard InChI is InChI=1S/C28H29ClFN3O2S/c1-5-33-25-14-9-19(31-26(34)15-18-7-11-21(12-8-18)36-6-2)16-24(25)32-27(33)28(3,4)35-20-10-13-22(29)23(30)17-20/h7-14,16-17H,5-6,15H2,1-4H3,(H,31,34)/p+1. The largest absolute Gasteiger partial charge is 0.480 e. The molecule has 1 amide bonds. The van der Waals surface area contributed by atoms with Crippen LogP contribution in [0.3, 0.4) is 0 Å². The van der Waals surface area contributed by atoms with E-state index in [1.165, 1.54) is 28.8 Å². The van der Waals surface area contributed by atoms with Gasteiger partial charge >= 0.3 is 0 Å². The van der Waals surface area contributed by atoms with E-state index in [2.05, 4.69) is 28.9 Å². The van der Waals surface area contributed by atoms with Gasteiger partial charge in [-0.05, 0) is 75.7 Å². The van der Waals surface area contributed by atoms with Crippen LogP contribution in [-0.2, 0) is 35.1 Å². The summed E-state index contributed by atoms with van der Waals surface area (Å²) in [4.78, 5) is 18.8. The summed E-state index contributed by atoms with van der Waals surface area (Å²) in [6.45, 7) is 8.62. The van der Waals surface area contributed by atoms with E-state index in [4.69, 9.17) is 21.3 Å². The van der Waals surface area contributed by atoms with Crippen LogP contribution in [0.5, 0.6) is 5.75 Å². The van der Waals surface area contributed by atoms with E-state index < -0.39 is 11.4 Å². The maximum Gasteiger partial charge on any atom is 0.228 e. The molecule has 3 aromatic carbocycles. The Balaban J connectivity index is 1.53. The number of halogens is 2. The van der Waals surface area contributed by atoms with E-state index >= 15 is 0 Å². The predicted octanol–water partition coefficient (Wildman–Crippen LogP) is 6.54. The maximum absolute atomic E-state index is 13.9. The average Bonchev–Trinajstić information content (AvgIpc) is 3.21. The number of fused-ring (bicyclic) bond motifs is 1. The van der Waals surface area contributed by atoms with E-state index in [1.807, 2.05) is 51.1 Å². The molecule has 0 aliphatic rings. The minimum absolute atomic E-state index is 0.0451. The second-order valence-corrected chi connectivity index (χ2v) is 10.8. The summed E-state index contributed by atoms with van der Waals surface area (Å²) in [5.41, 5.74) is 2.47. The highest BCUT2D eigenvalue weighted by atomic mass is 35.5. The number of hydrogen-bond donors (Lipinski definition) is 1. The maximum atomic E-state index is 13.9. The van der Waals surface area contributed by atoms with Gasteiger partial charge in [0.15, 0.2) is 16.3 Å². The van der Waals surface area contributed by atoms with Crippen LogP contribution in [0.1, 0.15) is 39.1 Å². The fourth-order valence-electron chi connectivity index (χ4n) is 4.16. The molecule has 0 radical (unpaired) electrons. The number of hydrogen-bond acceptors (Lipinski definition) is 3. The first-order chi connectivity index (χ1) is 17.2. The fourth-order valence-corrected chi connectivity index (χ4v) is 5.00. The molecule has 5 nitrogen and oxygen atoms in total. The molecule has 4 rings (SSSR count). The van der Waals surface area contributed by atoms with Crippen molar-refractivity contribution in [2.24, 2.45) is 0 Å². The van der Waals surface area contributed by atoms with Crippen molar-refractivity contribution >= 4 is 46.0 Å². The molecule has 0 bridgehead atoms. The van der Waals surface area contributed by atoms with Gasteiger partial charge in [0.1, 0.15) is 17.3 Å². The van der Waals surface area contributed by atoms with E-state index in [0.717, 1.165) is 22.3 Å². The molecule has 1 N–H and O–H groups in total. The van der Waals surface area contributed by atoms with E-state index in [9.17, 15) is 9.18 Å². The quantitative estimate of drug-likeness (QED) is 0.199. The number of anilines is 1. The molecule has 0 fully saturated rings. The topological polar surface area (TPSA) is 56.1 Å². The van der Waals surface area contributed by atoms with E-state index in [1.54, 1.807) is 6.07 Å². The number of benzene rings is 3. The lowest BCUT2D eigenvalue weighted by molar-refractivity contribution is -0.115. The first-order valence-electron chi connectivity index (χ1n) is 11.9. The van der Waals surface area contributed by atoms with Crippen molar-refractivity contribution in [1.82, 2.24) is 9.55 Å². The fraction of sp³-hybridized carbons (Fsp3) is 0.286. The van der Waals surface area contributed by atoms with Crippen molar-refractivity contribution in [3.8, 4) is 5.75 Å². The van der Waals surface area contributed by atoms with Crippen LogP contribution in [0.25, 0.3) is 11.0 Å². The van der Waals surface area contributed by atoms with Gasteiger partial charge in [-0.1, -0.05) is 23.7 Å². The first kappa shape index (κ1) is 26.0. The third-order valence-electron chi connectivity index (χ3n) is 5.79. The van der Waals surface area contributed by atoms with Gasteiger partial charge in [0, 0.05) is 30.1 Å². The van der Waals surface area contributed by atoms with Crippen molar-refractivity contribution in [2.45, 2.75) is 51.2 Å². The minimum Gasteiger partial charge on any atom is -0.480 e. The van der Waals surface area contributed by atoms with Crippen LogP contribution in [0.2, 0.25) is 5.02 Å². The van der Waals surface area contributed by atoms with Crippen LogP contribution in [-0.4, -0.2) is 21.2 Å². The number of rotatable bonds is 9. The number of amides is 1. The second kappa shape index (κ2) is 10.9. The van der Waals surface area contributed by atoms with Gasteiger partial charge < -0.3 is 14.6 Å². The Labute approximate surface area is 220 Å². The lowest BCUT2D eigenvalue weighted by atomic mass is 10.1. The zero-order valence-electron chi connectivity index (χ0n) is 20.8. The number of thiol groups is 1. The molecule has 0 atom stereocenters. The zero-order chi connectivity index (χ0) is 25.9. The molecule has 0 saturated heterocycles. The molecule has 0 saturated carbocycles. The van der Waals surface area contributed by atoms with Crippen LogP contribution in [0.15, 0.2) is 65.6 Å². The molecule has 0 aliphatic carbocycles. The lowest BCUT2D eigenvalue weighted by Gasteiger charge is -2.26. The highest BCUT2D eigenvalue weighted by molar-refractivity contribution is 7.78. The summed E-state index contributed by atoms with van der Waals surface area (Å²) < 4.78 is 22.1. The van der Waals surface area contributed by atoms with Gasteiger partial charge in [-0.15, -0.1) is 0 Å². The third-order valence-corrected chi connectivity index (χ3v) is 7.08. The average molecular weight is 527 g/mol. The molecular weight excluding hydrogens is 497 g/mol. The zero-order valence-corrected chi connectivity index (χ0v) is 22.5. The Bertz CT molecular complexity index is 1390. The molecule has 188 valence electrons. The predicted molar refractivity (Wildman–Crippen MR) is 147 cm³/mol. The third kappa shape index (κ3) is 5.85. The van der Waals surface area contributed by atoms with Crippen LogP contribution < -0.4 is 10.1 Å². The smallest absolute Gasteiger partial charge is 0.228 e. The highest BCUT2D eigenvalue weighted by Crippen LogP contribution is 2.32. The number of ether oxygens (including phenoxy) is 1. The summed E-state index contributed by atoms with van der Waals surface area (Å²) in [6, 6.07) is 18.2. The Kier molecular flexibility index (Phi) is 7.91. The SMILES string of the molecule is CC[SH+]c1ccc(CC(=O)Nc2ccc3c(c2)nc(C(C)(C)Oc2ccc(Cl)c(F)c2)n3CC)cc1. The minimum atomic E-state index is -0.845. The Hall–Kier alpha value is -3.03. The summed E-state index contributed by atoms with van der Waals surface area (Å²) in [5.74, 6) is 1.52. The van der Waals surface area contributed by atoms with Crippen molar-refractivity contribution < 1.29 is 13.9 Å². The normalized spacial score (nSPS) is 11.6. The van der Waals surface area contributed by atoms with Gasteiger partial charge in [-0.25, -0.2) is 9.37 Å². The Morgan fingerprint density at radius 3 is 2.53 bits per heavy atom. The van der Waals surface area contributed by atoms with Crippen molar-refractivity contribution in [3.63, 3.8) is 0 Å². The molecule has 1 heterocycles. The van der Waals surface area contributed by atoms with Crippen LogP contribution >= 0.6 is 11.6 Å². The molecule has 0 aliphatic heterocycles. The molecular formula is C28H30ClFN3O2S+. The lowest BCUT2D eigenvalue weighted by Crippen LogP contribution is -2.29. The molecule has 8 heteroatoms. The van der Waals surface area contributed by atoms with Crippen molar-refractivity contribution in [2.75, 3.05) is 11.1 Å². The van der Waals surface area contributed by atoms with Crippen LogP contribution in [0.4, 0.5) is 10.1 Å². The number of aryl methyl sites for hydroxylation is 1. The van der Waals surface area contributed by atoms with Gasteiger partial charge in [-0.2, -0.15) is 0 Å². The summed E-state index contributed by atoms with van der Waals surface area (Å²) in [6.07, 6.45) is 0.300. The molecule has 4 aromatic rings.